The topological polar surface area (TPSA) is 86.0 Å². The lowest BCUT2D eigenvalue weighted by molar-refractivity contribution is 0.0515. The van der Waals surface area contributed by atoms with E-state index in [1.54, 1.807) is 28.0 Å². The van der Waals surface area contributed by atoms with E-state index in [1.165, 1.54) is 6.26 Å². The Morgan fingerprint density at radius 2 is 1.59 bits per heavy atom. The maximum absolute atomic E-state index is 13.0. The van der Waals surface area contributed by atoms with Crippen LogP contribution in [0.3, 0.4) is 0 Å². The Kier molecular flexibility index (Phi) is 5.48. The molecule has 2 aromatic heterocycles. The van der Waals surface area contributed by atoms with Gasteiger partial charge in [0.2, 0.25) is 0 Å². The molecule has 0 N–H and O–H groups in total. The Labute approximate surface area is 169 Å². The van der Waals surface area contributed by atoms with Crippen LogP contribution in [0.5, 0.6) is 0 Å². The third kappa shape index (κ3) is 4.24. The molecule has 2 aliphatic rings. The number of piperazine rings is 2. The van der Waals surface area contributed by atoms with Crippen molar-refractivity contribution in [1.82, 2.24) is 24.7 Å². The van der Waals surface area contributed by atoms with E-state index >= 15 is 0 Å². The molecule has 0 spiro atoms. The largest absolute Gasteiger partial charge is 0.459 e. The van der Waals surface area contributed by atoms with Crippen LogP contribution in [0.15, 0.2) is 28.9 Å². The summed E-state index contributed by atoms with van der Waals surface area (Å²) in [6.07, 6.45) is 1.49. The van der Waals surface area contributed by atoms with Gasteiger partial charge in [-0.05, 0) is 26.1 Å². The van der Waals surface area contributed by atoms with Crippen LogP contribution in [0, 0.1) is 6.92 Å². The Morgan fingerprint density at radius 1 is 0.931 bits per heavy atom. The van der Waals surface area contributed by atoms with Gasteiger partial charge in [-0.1, -0.05) is 0 Å². The summed E-state index contributed by atoms with van der Waals surface area (Å²) < 4.78 is 5.19. The van der Waals surface area contributed by atoms with E-state index in [2.05, 4.69) is 26.8 Å². The molecule has 9 heteroatoms. The summed E-state index contributed by atoms with van der Waals surface area (Å²) in [6.45, 7) is 7.41. The van der Waals surface area contributed by atoms with Gasteiger partial charge >= 0.3 is 0 Å². The third-order valence-corrected chi connectivity index (χ3v) is 5.46. The summed E-state index contributed by atoms with van der Waals surface area (Å²) in [4.78, 5) is 42.3. The zero-order valence-corrected chi connectivity index (χ0v) is 16.9. The van der Waals surface area contributed by atoms with Crippen molar-refractivity contribution >= 4 is 17.6 Å². The van der Waals surface area contributed by atoms with Gasteiger partial charge in [0, 0.05) is 58.4 Å². The highest BCUT2D eigenvalue weighted by Gasteiger charge is 2.28. The molecule has 0 aliphatic carbocycles. The number of rotatable bonds is 3. The average molecular weight is 398 g/mol. The number of aryl methyl sites for hydroxylation is 1. The van der Waals surface area contributed by atoms with Crippen molar-refractivity contribution in [2.75, 3.05) is 64.3 Å². The van der Waals surface area contributed by atoms with Crippen LogP contribution >= 0.6 is 0 Å². The number of nitrogens with zero attached hydrogens (tertiary/aromatic N) is 6. The standard InChI is InChI=1S/C20H26N6O3/c1-15-21-16(14-18(22-15)24-7-5-23(2)6-8-24)19(27)25-9-11-26(12-10-25)20(28)17-4-3-13-29-17/h3-4,13-14H,5-12H2,1-2H3. The van der Waals surface area contributed by atoms with Gasteiger partial charge < -0.3 is 24.0 Å². The molecule has 0 atom stereocenters. The lowest BCUT2D eigenvalue weighted by Gasteiger charge is -2.35. The fourth-order valence-corrected chi connectivity index (χ4v) is 3.69. The Bertz CT molecular complexity index is 868. The predicted molar refractivity (Wildman–Crippen MR) is 107 cm³/mol. The lowest BCUT2D eigenvalue weighted by atomic mass is 10.2. The second-order valence-electron chi connectivity index (χ2n) is 7.51. The number of furan rings is 1. The lowest BCUT2D eigenvalue weighted by Crippen LogP contribution is -2.50. The van der Waals surface area contributed by atoms with Gasteiger partial charge in [-0.15, -0.1) is 0 Å². The summed E-state index contributed by atoms with van der Waals surface area (Å²) in [7, 11) is 2.10. The van der Waals surface area contributed by atoms with Crippen LogP contribution in [0.4, 0.5) is 5.82 Å². The van der Waals surface area contributed by atoms with Gasteiger partial charge in [-0.3, -0.25) is 9.59 Å². The van der Waals surface area contributed by atoms with Crippen molar-refractivity contribution in [3.05, 3.63) is 41.7 Å². The molecule has 4 heterocycles. The molecule has 0 unspecified atom stereocenters. The summed E-state index contributed by atoms with van der Waals surface area (Å²) in [5, 5.41) is 0. The van der Waals surface area contributed by atoms with Crippen LogP contribution in [0.1, 0.15) is 26.9 Å². The molecule has 2 aromatic rings. The van der Waals surface area contributed by atoms with Crippen LogP contribution in [-0.2, 0) is 0 Å². The van der Waals surface area contributed by atoms with E-state index < -0.39 is 0 Å². The molecular formula is C20H26N6O3. The summed E-state index contributed by atoms with van der Waals surface area (Å²) in [5.41, 5.74) is 0.414. The van der Waals surface area contributed by atoms with E-state index in [0.717, 1.165) is 32.0 Å². The number of hydrogen-bond donors (Lipinski definition) is 0. The maximum Gasteiger partial charge on any atom is 0.289 e. The minimum Gasteiger partial charge on any atom is -0.459 e. The Morgan fingerprint density at radius 3 is 2.21 bits per heavy atom. The molecule has 4 rings (SSSR count). The number of carbonyl (C=O) groups excluding carboxylic acids is 2. The molecule has 9 nitrogen and oxygen atoms in total. The van der Waals surface area contributed by atoms with Gasteiger partial charge in [0.05, 0.1) is 6.26 Å². The van der Waals surface area contributed by atoms with E-state index in [0.29, 0.717) is 43.5 Å². The molecule has 29 heavy (non-hydrogen) atoms. The normalized spacial score (nSPS) is 18.2. The summed E-state index contributed by atoms with van der Waals surface area (Å²) >= 11 is 0. The molecule has 0 bridgehead atoms. The average Bonchev–Trinajstić information content (AvgIpc) is 3.28. The van der Waals surface area contributed by atoms with Crippen molar-refractivity contribution < 1.29 is 14.0 Å². The second-order valence-corrected chi connectivity index (χ2v) is 7.51. The molecule has 0 radical (unpaired) electrons. The van der Waals surface area contributed by atoms with Crippen molar-refractivity contribution in [3.63, 3.8) is 0 Å². The first-order valence-electron chi connectivity index (χ1n) is 9.92. The Balaban J connectivity index is 1.41. The first-order valence-corrected chi connectivity index (χ1v) is 9.92. The molecule has 2 amide bonds. The highest BCUT2D eigenvalue weighted by molar-refractivity contribution is 5.94. The first-order chi connectivity index (χ1) is 14.0. The van der Waals surface area contributed by atoms with E-state index in [-0.39, 0.29) is 11.8 Å². The number of hydrogen-bond acceptors (Lipinski definition) is 7. The van der Waals surface area contributed by atoms with E-state index in [4.69, 9.17) is 4.42 Å². The third-order valence-electron chi connectivity index (χ3n) is 5.46. The van der Waals surface area contributed by atoms with Crippen LogP contribution < -0.4 is 4.90 Å². The zero-order chi connectivity index (χ0) is 20.4. The molecular weight excluding hydrogens is 372 g/mol. The van der Waals surface area contributed by atoms with Crippen molar-refractivity contribution in [2.45, 2.75) is 6.92 Å². The van der Waals surface area contributed by atoms with Crippen molar-refractivity contribution in [3.8, 4) is 0 Å². The summed E-state index contributed by atoms with van der Waals surface area (Å²) in [5.74, 6) is 1.47. The number of carbonyl (C=O) groups is 2. The van der Waals surface area contributed by atoms with Crippen LogP contribution in [0.25, 0.3) is 0 Å². The SMILES string of the molecule is Cc1nc(C(=O)N2CCN(C(=O)c3ccco3)CC2)cc(N2CCN(C)CC2)n1. The molecule has 0 aromatic carbocycles. The highest BCUT2D eigenvalue weighted by atomic mass is 16.3. The van der Waals surface area contributed by atoms with Crippen molar-refractivity contribution in [1.29, 1.82) is 0 Å². The maximum atomic E-state index is 13.0. The molecule has 2 aliphatic heterocycles. The number of anilines is 1. The van der Waals surface area contributed by atoms with E-state index in [9.17, 15) is 9.59 Å². The molecule has 2 fully saturated rings. The fraction of sp³-hybridized carbons (Fsp3) is 0.500. The van der Waals surface area contributed by atoms with Gasteiger partial charge in [0.25, 0.3) is 11.8 Å². The van der Waals surface area contributed by atoms with E-state index in [1.807, 2.05) is 6.92 Å². The van der Waals surface area contributed by atoms with Gasteiger partial charge in [-0.2, -0.15) is 0 Å². The quantitative estimate of drug-likeness (QED) is 0.753. The summed E-state index contributed by atoms with van der Waals surface area (Å²) in [6, 6.07) is 5.15. The molecule has 154 valence electrons. The number of likely N-dealkylation sites (N-methyl/N-ethyl adjacent to an activating group) is 1. The first kappa shape index (κ1) is 19.4. The number of aromatic nitrogens is 2. The highest BCUT2D eigenvalue weighted by Crippen LogP contribution is 2.17. The van der Waals surface area contributed by atoms with Crippen LogP contribution in [0.2, 0.25) is 0 Å². The minimum absolute atomic E-state index is 0.115. The number of amides is 2. The molecule has 2 saturated heterocycles. The zero-order valence-electron chi connectivity index (χ0n) is 16.9. The second kappa shape index (κ2) is 8.20. The van der Waals surface area contributed by atoms with Gasteiger partial charge in [-0.25, -0.2) is 9.97 Å². The van der Waals surface area contributed by atoms with Crippen LogP contribution in [-0.4, -0.2) is 95.9 Å². The monoisotopic (exact) mass is 398 g/mol. The minimum atomic E-state index is -0.141. The Hall–Kier alpha value is -2.94. The van der Waals surface area contributed by atoms with Crippen molar-refractivity contribution in [2.24, 2.45) is 0 Å². The fourth-order valence-electron chi connectivity index (χ4n) is 3.69. The van der Waals surface area contributed by atoms with Gasteiger partial charge in [0.15, 0.2) is 5.76 Å². The molecule has 0 saturated carbocycles. The smallest absolute Gasteiger partial charge is 0.289 e. The predicted octanol–water partition coefficient (Wildman–Crippen LogP) is 0.728. The van der Waals surface area contributed by atoms with Gasteiger partial charge in [0.1, 0.15) is 17.3 Å².